The lowest BCUT2D eigenvalue weighted by Gasteiger charge is -2.06. The summed E-state index contributed by atoms with van der Waals surface area (Å²) in [4.78, 5) is 11.7. The van der Waals surface area contributed by atoms with E-state index in [4.69, 9.17) is 0 Å². The number of hydrogen-bond acceptors (Lipinski definition) is 4. The molecule has 6 nitrogen and oxygen atoms in total. The Balaban J connectivity index is 2.95. The highest BCUT2D eigenvalue weighted by Gasteiger charge is 2.21. The number of nitrogens with zero attached hydrogens (tertiary/aromatic N) is 2. The van der Waals surface area contributed by atoms with E-state index in [9.17, 15) is 13.2 Å². The second-order valence-corrected chi connectivity index (χ2v) is 6.03. The molecule has 0 aliphatic heterocycles. The predicted octanol–water partition coefficient (Wildman–Crippen LogP) is 1.63. The molecule has 1 N–H and O–H groups in total. The standard InChI is InChI=1S/C12H19N3O3S/c1-5-10(6-2)12(16)14-19(17,18)11-7-13-15(8-11)9(3)4/h5,7-9H,6H2,1-4H3,(H,14,16)/b10-5+. The normalized spacial score (nSPS) is 12.8. The topological polar surface area (TPSA) is 81.1 Å². The molecule has 0 spiro atoms. The summed E-state index contributed by atoms with van der Waals surface area (Å²) in [5.74, 6) is -0.595. The van der Waals surface area contributed by atoms with E-state index in [2.05, 4.69) is 5.10 Å². The summed E-state index contributed by atoms with van der Waals surface area (Å²) in [6.45, 7) is 7.26. The minimum atomic E-state index is -3.86. The number of aromatic nitrogens is 2. The molecule has 1 rings (SSSR count). The molecule has 0 fully saturated rings. The zero-order valence-electron chi connectivity index (χ0n) is 11.5. The number of nitrogens with one attached hydrogen (secondary N) is 1. The van der Waals surface area contributed by atoms with Crippen LogP contribution >= 0.6 is 0 Å². The molecule has 7 heteroatoms. The third-order valence-corrected chi connectivity index (χ3v) is 3.95. The Kier molecular flexibility index (Phi) is 4.88. The number of carbonyl (C=O) groups is 1. The number of carbonyl (C=O) groups excluding carboxylic acids is 1. The van der Waals surface area contributed by atoms with Gasteiger partial charge in [0, 0.05) is 17.8 Å². The molecule has 1 aromatic heterocycles. The Hall–Kier alpha value is -1.63. The maximum Gasteiger partial charge on any atom is 0.267 e. The third kappa shape index (κ3) is 3.66. The molecule has 106 valence electrons. The van der Waals surface area contributed by atoms with Crippen molar-refractivity contribution in [3.8, 4) is 0 Å². The van der Waals surface area contributed by atoms with Crippen LogP contribution in [0.25, 0.3) is 0 Å². The molecule has 1 amide bonds. The van der Waals surface area contributed by atoms with Gasteiger partial charge in [-0.25, -0.2) is 13.1 Å². The fraction of sp³-hybridized carbons (Fsp3) is 0.500. The van der Waals surface area contributed by atoms with Crippen LogP contribution in [0.3, 0.4) is 0 Å². The SMILES string of the molecule is C/C=C(\CC)C(=O)NS(=O)(=O)c1cnn(C(C)C)c1. The molecule has 0 bridgehead atoms. The molecule has 1 heterocycles. The van der Waals surface area contributed by atoms with Gasteiger partial charge in [-0.1, -0.05) is 13.0 Å². The number of allylic oxidation sites excluding steroid dienone is 1. The van der Waals surface area contributed by atoms with Gasteiger partial charge in [-0.2, -0.15) is 5.10 Å². The number of amides is 1. The van der Waals surface area contributed by atoms with Gasteiger partial charge in [-0.3, -0.25) is 9.48 Å². The van der Waals surface area contributed by atoms with Crippen molar-refractivity contribution >= 4 is 15.9 Å². The summed E-state index contributed by atoms with van der Waals surface area (Å²) in [7, 11) is -3.86. The van der Waals surface area contributed by atoms with Gasteiger partial charge in [0.05, 0.1) is 6.20 Å². The lowest BCUT2D eigenvalue weighted by Crippen LogP contribution is -2.31. The molecule has 0 atom stereocenters. The number of hydrogen-bond donors (Lipinski definition) is 1. The molecular formula is C12H19N3O3S. The van der Waals surface area contributed by atoms with Gasteiger partial charge >= 0.3 is 0 Å². The summed E-state index contributed by atoms with van der Waals surface area (Å²) < 4.78 is 27.6. The lowest BCUT2D eigenvalue weighted by atomic mass is 10.2. The molecule has 0 saturated carbocycles. The van der Waals surface area contributed by atoms with Crippen LogP contribution < -0.4 is 4.72 Å². The molecule has 0 saturated heterocycles. The van der Waals surface area contributed by atoms with E-state index in [-0.39, 0.29) is 10.9 Å². The highest BCUT2D eigenvalue weighted by molar-refractivity contribution is 7.90. The Morgan fingerprint density at radius 3 is 2.58 bits per heavy atom. The second kappa shape index (κ2) is 6.01. The van der Waals surface area contributed by atoms with E-state index >= 15 is 0 Å². The summed E-state index contributed by atoms with van der Waals surface area (Å²) >= 11 is 0. The van der Waals surface area contributed by atoms with Crippen molar-refractivity contribution in [2.75, 3.05) is 0 Å². The smallest absolute Gasteiger partial charge is 0.267 e. The average molecular weight is 285 g/mol. The van der Waals surface area contributed by atoms with Crippen molar-refractivity contribution in [1.29, 1.82) is 0 Å². The van der Waals surface area contributed by atoms with Crippen LogP contribution in [0.5, 0.6) is 0 Å². The average Bonchev–Trinajstić information content (AvgIpc) is 2.79. The van der Waals surface area contributed by atoms with Crippen molar-refractivity contribution in [1.82, 2.24) is 14.5 Å². The summed E-state index contributed by atoms with van der Waals surface area (Å²) in [6, 6.07) is 0.0568. The van der Waals surface area contributed by atoms with Gasteiger partial charge in [0.25, 0.3) is 15.9 Å². The first-order valence-corrected chi connectivity index (χ1v) is 7.56. The van der Waals surface area contributed by atoms with Crippen molar-refractivity contribution in [3.05, 3.63) is 24.0 Å². The van der Waals surface area contributed by atoms with Gasteiger partial charge in [0.15, 0.2) is 0 Å². The quantitative estimate of drug-likeness (QED) is 0.834. The maximum absolute atomic E-state index is 12.0. The largest absolute Gasteiger partial charge is 0.269 e. The number of sulfonamides is 1. The van der Waals surface area contributed by atoms with Crippen LogP contribution in [0.15, 0.2) is 28.9 Å². The van der Waals surface area contributed by atoms with Gasteiger partial charge in [-0.05, 0) is 27.2 Å². The van der Waals surface area contributed by atoms with Crippen molar-refractivity contribution < 1.29 is 13.2 Å². The predicted molar refractivity (Wildman–Crippen MR) is 72.0 cm³/mol. The van der Waals surface area contributed by atoms with Gasteiger partial charge < -0.3 is 0 Å². The molecule has 19 heavy (non-hydrogen) atoms. The monoisotopic (exact) mass is 285 g/mol. The first-order valence-electron chi connectivity index (χ1n) is 6.08. The first kappa shape index (κ1) is 15.4. The summed E-state index contributed by atoms with van der Waals surface area (Å²) in [5, 5.41) is 3.95. The fourth-order valence-electron chi connectivity index (χ4n) is 1.48. The van der Waals surface area contributed by atoms with E-state index in [1.165, 1.54) is 17.1 Å². The van der Waals surface area contributed by atoms with Gasteiger partial charge in [-0.15, -0.1) is 0 Å². The van der Waals surface area contributed by atoms with Crippen LogP contribution in [0.2, 0.25) is 0 Å². The molecule has 1 aromatic rings. The summed E-state index contributed by atoms with van der Waals surface area (Å²) in [5.41, 5.74) is 0.430. The van der Waals surface area contributed by atoms with Crippen molar-refractivity contribution in [3.63, 3.8) is 0 Å². The van der Waals surface area contributed by atoms with E-state index in [0.717, 1.165) is 0 Å². The Morgan fingerprint density at radius 1 is 1.53 bits per heavy atom. The molecule has 0 aliphatic rings. The Bertz CT molecular complexity index is 585. The minimum absolute atomic E-state index is 0.0129. The fourth-order valence-corrected chi connectivity index (χ4v) is 2.41. The number of rotatable bonds is 5. The van der Waals surface area contributed by atoms with Crippen LogP contribution in [-0.2, 0) is 14.8 Å². The van der Waals surface area contributed by atoms with E-state index in [1.807, 2.05) is 18.6 Å². The van der Waals surface area contributed by atoms with E-state index in [0.29, 0.717) is 12.0 Å². The van der Waals surface area contributed by atoms with E-state index in [1.54, 1.807) is 19.9 Å². The Labute approximate surface area is 113 Å². The van der Waals surface area contributed by atoms with Crippen LogP contribution in [0, 0.1) is 0 Å². The first-order chi connectivity index (χ1) is 8.81. The lowest BCUT2D eigenvalue weighted by molar-refractivity contribution is -0.115. The van der Waals surface area contributed by atoms with Crippen LogP contribution in [-0.4, -0.2) is 24.1 Å². The molecule has 0 aromatic carbocycles. The van der Waals surface area contributed by atoms with Crippen molar-refractivity contribution in [2.24, 2.45) is 0 Å². The maximum atomic E-state index is 12.0. The highest BCUT2D eigenvalue weighted by Crippen LogP contribution is 2.12. The van der Waals surface area contributed by atoms with Crippen LogP contribution in [0.1, 0.15) is 40.2 Å². The molecular weight excluding hydrogens is 266 g/mol. The second-order valence-electron chi connectivity index (χ2n) is 4.35. The zero-order chi connectivity index (χ0) is 14.6. The summed E-state index contributed by atoms with van der Waals surface area (Å²) in [6.07, 6.45) is 4.71. The van der Waals surface area contributed by atoms with E-state index < -0.39 is 15.9 Å². The molecule has 0 aliphatic carbocycles. The van der Waals surface area contributed by atoms with Gasteiger partial charge in [0.2, 0.25) is 0 Å². The Morgan fingerprint density at radius 2 is 2.16 bits per heavy atom. The van der Waals surface area contributed by atoms with Crippen LogP contribution in [0.4, 0.5) is 0 Å². The van der Waals surface area contributed by atoms with Gasteiger partial charge in [0.1, 0.15) is 4.90 Å². The minimum Gasteiger partial charge on any atom is -0.269 e. The highest BCUT2D eigenvalue weighted by atomic mass is 32.2. The zero-order valence-corrected chi connectivity index (χ0v) is 12.4. The van der Waals surface area contributed by atoms with Crippen molar-refractivity contribution in [2.45, 2.75) is 45.1 Å². The molecule has 0 radical (unpaired) electrons. The molecule has 0 unspecified atom stereocenters. The third-order valence-electron chi connectivity index (χ3n) is 2.67.